The number of ether oxygens (including phenoxy) is 3. The van der Waals surface area contributed by atoms with Gasteiger partial charge in [0.05, 0.1) is 43.7 Å². The van der Waals surface area contributed by atoms with Crippen molar-refractivity contribution in [2.24, 2.45) is 4.99 Å². The molecule has 2 heterocycles. The number of carbonyl (C=O) groups is 2. The van der Waals surface area contributed by atoms with E-state index >= 15 is 0 Å². The summed E-state index contributed by atoms with van der Waals surface area (Å²) in [4.78, 5) is 42.9. The van der Waals surface area contributed by atoms with Crippen LogP contribution in [-0.2, 0) is 9.53 Å². The molecular weight excluding hydrogens is 498 g/mol. The van der Waals surface area contributed by atoms with E-state index < -0.39 is 18.0 Å². The van der Waals surface area contributed by atoms with Crippen molar-refractivity contribution >= 4 is 35.2 Å². The van der Waals surface area contributed by atoms with E-state index in [1.54, 1.807) is 44.2 Å². The number of anilines is 1. The molecule has 10 nitrogen and oxygen atoms in total. The Hall–Kier alpha value is -4.38. The van der Waals surface area contributed by atoms with Gasteiger partial charge in [0, 0.05) is 11.9 Å². The zero-order valence-electron chi connectivity index (χ0n) is 20.6. The molecule has 4 rings (SSSR count). The summed E-state index contributed by atoms with van der Waals surface area (Å²) in [7, 11) is 3.03. The molecule has 0 radical (unpaired) electrons. The summed E-state index contributed by atoms with van der Waals surface area (Å²) in [6, 6.07) is 10.6. The van der Waals surface area contributed by atoms with E-state index in [0.29, 0.717) is 37.8 Å². The van der Waals surface area contributed by atoms with Gasteiger partial charge in [-0.3, -0.25) is 9.36 Å². The summed E-state index contributed by atoms with van der Waals surface area (Å²) < 4.78 is 17.9. The van der Waals surface area contributed by atoms with Crippen molar-refractivity contribution in [3.63, 3.8) is 0 Å². The summed E-state index contributed by atoms with van der Waals surface area (Å²) in [5, 5.41) is 12.2. The van der Waals surface area contributed by atoms with Gasteiger partial charge in [-0.25, -0.2) is 14.6 Å². The highest BCUT2D eigenvalue weighted by Crippen LogP contribution is 2.36. The Labute approximate surface area is 215 Å². The number of thiazole rings is 1. The Morgan fingerprint density at radius 1 is 1.16 bits per heavy atom. The van der Waals surface area contributed by atoms with E-state index in [1.165, 1.54) is 37.1 Å². The van der Waals surface area contributed by atoms with Crippen molar-refractivity contribution in [2.45, 2.75) is 19.9 Å². The van der Waals surface area contributed by atoms with Crippen molar-refractivity contribution in [2.75, 3.05) is 26.1 Å². The van der Waals surface area contributed by atoms with Gasteiger partial charge in [0.25, 0.3) is 5.56 Å². The maximum Gasteiger partial charge on any atom is 0.338 e. The summed E-state index contributed by atoms with van der Waals surface area (Å²) >= 11 is 1.15. The number of methoxy groups -OCH3 is 2. The van der Waals surface area contributed by atoms with Crippen molar-refractivity contribution < 1.29 is 28.9 Å². The minimum absolute atomic E-state index is 0.114. The van der Waals surface area contributed by atoms with Crippen LogP contribution < -0.4 is 29.7 Å². The lowest BCUT2D eigenvalue weighted by molar-refractivity contribution is -0.139. The normalized spacial score (nSPS) is 15.0. The summed E-state index contributed by atoms with van der Waals surface area (Å²) in [6.45, 7) is 3.57. The first-order valence-electron chi connectivity index (χ1n) is 11.3. The van der Waals surface area contributed by atoms with E-state index in [2.05, 4.69) is 10.3 Å². The highest BCUT2D eigenvalue weighted by Gasteiger charge is 2.33. The van der Waals surface area contributed by atoms with Gasteiger partial charge in [0.2, 0.25) is 0 Å². The molecule has 2 aromatic carbocycles. The molecule has 0 spiro atoms. The van der Waals surface area contributed by atoms with Crippen LogP contribution in [0, 0.1) is 0 Å². The van der Waals surface area contributed by atoms with E-state index in [-0.39, 0.29) is 23.3 Å². The van der Waals surface area contributed by atoms with Gasteiger partial charge in [-0.15, -0.1) is 0 Å². The number of benzene rings is 2. The first kappa shape index (κ1) is 25.7. The number of esters is 1. The first-order valence-corrected chi connectivity index (χ1v) is 12.1. The lowest BCUT2D eigenvalue weighted by Gasteiger charge is -2.25. The second-order valence-corrected chi connectivity index (χ2v) is 8.96. The Balaban J connectivity index is 1.87. The second kappa shape index (κ2) is 10.7. The fraction of sp³-hybridized carbons (Fsp3) is 0.231. The largest absolute Gasteiger partial charge is 0.493 e. The van der Waals surface area contributed by atoms with Gasteiger partial charge in [0.15, 0.2) is 16.3 Å². The summed E-state index contributed by atoms with van der Waals surface area (Å²) in [5.41, 5.74) is 1.54. The molecule has 0 aliphatic carbocycles. The molecule has 3 aromatic rings. The third-order valence-corrected chi connectivity index (χ3v) is 6.70. The number of carboxylic acids is 1. The number of fused-ring (bicyclic) bond motifs is 1. The minimum Gasteiger partial charge on any atom is -0.493 e. The van der Waals surface area contributed by atoms with Crippen molar-refractivity contribution in [3.8, 4) is 11.5 Å². The number of rotatable bonds is 8. The van der Waals surface area contributed by atoms with E-state index in [9.17, 15) is 19.5 Å². The lowest BCUT2D eigenvalue weighted by atomic mass is 9.95. The molecule has 1 atom stereocenters. The van der Waals surface area contributed by atoms with Crippen LogP contribution in [0.25, 0.3) is 6.20 Å². The standard InChI is InChI=1S/C26H25N3O7S/c1-5-36-25(33)21-14(2)28-26-29(22(21)15-9-10-18(34-3)19(12-15)35-4)23(30)20(37-26)13-27-17-8-6-7-16(11-17)24(31)32/h6-13,22,27H,5H2,1-4H3,(H,31,32)/b20-13-/t22-/m1/s1. The van der Waals surface area contributed by atoms with Crippen LogP contribution in [0.1, 0.15) is 35.8 Å². The molecule has 0 saturated heterocycles. The predicted molar refractivity (Wildman–Crippen MR) is 138 cm³/mol. The summed E-state index contributed by atoms with van der Waals surface area (Å²) in [5.74, 6) is -0.675. The molecule has 1 aliphatic heterocycles. The quantitative estimate of drug-likeness (QED) is 0.431. The topological polar surface area (TPSA) is 128 Å². The molecular formula is C26H25N3O7S. The Morgan fingerprint density at radius 3 is 2.59 bits per heavy atom. The van der Waals surface area contributed by atoms with Crippen LogP contribution in [-0.4, -0.2) is 42.4 Å². The zero-order valence-corrected chi connectivity index (χ0v) is 21.4. The van der Waals surface area contributed by atoms with Gasteiger partial charge in [-0.05, 0) is 49.7 Å². The van der Waals surface area contributed by atoms with Crippen molar-refractivity contribution in [1.82, 2.24) is 4.57 Å². The third-order valence-electron chi connectivity index (χ3n) is 5.72. The maximum absolute atomic E-state index is 13.6. The van der Waals surface area contributed by atoms with Crippen LogP contribution in [0.15, 0.2) is 63.5 Å². The maximum atomic E-state index is 13.6. The van der Waals surface area contributed by atoms with Gasteiger partial charge in [-0.2, -0.15) is 0 Å². The molecule has 1 aliphatic rings. The smallest absolute Gasteiger partial charge is 0.338 e. The summed E-state index contributed by atoms with van der Waals surface area (Å²) in [6.07, 6.45) is 1.50. The van der Waals surface area contributed by atoms with Crippen LogP contribution >= 0.6 is 11.3 Å². The number of hydrogen-bond acceptors (Lipinski definition) is 9. The van der Waals surface area contributed by atoms with Crippen LogP contribution in [0.4, 0.5) is 5.69 Å². The van der Waals surface area contributed by atoms with Crippen molar-refractivity contribution in [3.05, 3.63) is 84.5 Å². The average molecular weight is 524 g/mol. The van der Waals surface area contributed by atoms with Gasteiger partial charge < -0.3 is 24.6 Å². The molecule has 0 amide bonds. The monoisotopic (exact) mass is 523 g/mol. The zero-order chi connectivity index (χ0) is 26.7. The molecule has 0 unspecified atom stereocenters. The van der Waals surface area contributed by atoms with Crippen LogP contribution in [0.5, 0.6) is 11.5 Å². The molecule has 0 bridgehead atoms. The molecule has 192 valence electrons. The van der Waals surface area contributed by atoms with Gasteiger partial charge >= 0.3 is 11.9 Å². The predicted octanol–water partition coefficient (Wildman–Crippen LogP) is 2.54. The lowest BCUT2D eigenvalue weighted by Crippen LogP contribution is -2.40. The number of aromatic carboxylic acids is 1. The number of carbonyl (C=O) groups excluding carboxylic acids is 1. The average Bonchev–Trinajstić information content (AvgIpc) is 3.20. The molecule has 37 heavy (non-hydrogen) atoms. The third kappa shape index (κ3) is 4.98. The molecule has 11 heteroatoms. The second-order valence-electron chi connectivity index (χ2n) is 7.95. The fourth-order valence-electron chi connectivity index (χ4n) is 4.02. The highest BCUT2D eigenvalue weighted by atomic mass is 32.1. The number of nitrogens with zero attached hydrogens (tertiary/aromatic N) is 2. The Morgan fingerprint density at radius 2 is 1.92 bits per heavy atom. The first-order chi connectivity index (χ1) is 17.8. The number of aromatic nitrogens is 1. The minimum atomic E-state index is -1.06. The number of hydrogen-bond donors (Lipinski definition) is 2. The number of allylic oxidation sites excluding steroid dienone is 1. The molecule has 0 saturated carbocycles. The van der Waals surface area contributed by atoms with Crippen molar-refractivity contribution in [1.29, 1.82) is 0 Å². The van der Waals surface area contributed by atoms with Gasteiger partial charge in [0.1, 0.15) is 4.53 Å². The number of nitrogens with one attached hydrogen (secondary N) is 1. The van der Waals surface area contributed by atoms with Crippen LogP contribution in [0.2, 0.25) is 0 Å². The SMILES string of the molecule is CCOC(=O)C1=C(C)N=c2s/c(=C\Nc3cccc(C(=O)O)c3)c(=O)n2[C@@H]1c1ccc(OC)c(OC)c1. The Bertz CT molecular complexity index is 1590. The van der Waals surface area contributed by atoms with Gasteiger partial charge in [-0.1, -0.05) is 23.5 Å². The van der Waals surface area contributed by atoms with E-state index in [4.69, 9.17) is 14.2 Å². The molecule has 0 fully saturated rings. The van der Waals surface area contributed by atoms with E-state index in [1.807, 2.05) is 0 Å². The van der Waals surface area contributed by atoms with Crippen LogP contribution in [0.3, 0.4) is 0 Å². The fourth-order valence-corrected chi connectivity index (χ4v) is 4.99. The molecule has 2 N–H and O–H groups in total. The van der Waals surface area contributed by atoms with E-state index in [0.717, 1.165) is 11.3 Å². The molecule has 1 aromatic heterocycles. The highest BCUT2D eigenvalue weighted by molar-refractivity contribution is 7.07. The Kier molecular flexibility index (Phi) is 7.44. The number of carboxylic acid groups (broad SMARTS) is 1.